The molecule has 8 nitrogen and oxygen atoms in total. The maximum absolute atomic E-state index is 14.6. The first-order chi connectivity index (χ1) is 17.4. The Hall–Kier alpha value is -3.76. The van der Waals surface area contributed by atoms with Crippen molar-refractivity contribution in [1.29, 1.82) is 0 Å². The number of halogens is 1. The first kappa shape index (κ1) is 25.3. The van der Waals surface area contributed by atoms with Crippen molar-refractivity contribution in [3.8, 4) is 0 Å². The molecule has 188 valence electrons. The number of hydrogen-bond donors (Lipinski definition) is 2. The fourth-order valence-corrected chi connectivity index (χ4v) is 5.34. The van der Waals surface area contributed by atoms with E-state index in [1.54, 1.807) is 24.3 Å². The summed E-state index contributed by atoms with van der Waals surface area (Å²) in [6.45, 7) is 0.305. The van der Waals surface area contributed by atoms with Crippen LogP contribution in [0.2, 0.25) is 0 Å². The molecule has 0 unspecified atom stereocenters. The van der Waals surface area contributed by atoms with Crippen molar-refractivity contribution in [3.63, 3.8) is 0 Å². The zero-order valence-corrected chi connectivity index (χ0v) is 20.2. The minimum Gasteiger partial charge on any atom is -0.376 e. The second-order valence-electron chi connectivity index (χ2n) is 8.21. The van der Waals surface area contributed by atoms with E-state index in [9.17, 15) is 22.4 Å². The van der Waals surface area contributed by atoms with E-state index in [1.165, 1.54) is 48.5 Å². The Bertz CT molecular complexity index is 1330. The first-order valence-corrected chi connectivity index (χ1v) is 12.9. The summed E-state index contributed by atoms with van der Waals surface area (Å²) in [4.78, 5) is 25.7. The third kappa shape index (κ3) is 5.89. The van der Waals surface area contributed by atoms with Gasteiger partial charge >= 0.3 is 0 Å². The van der Waals surface area contributed by atoms with Crippen molar-refractivity contribution in [2.24, 2.45) is 0 Å². The van der Waals surface area contributed by atoms with Crippen molar-refractivity contribution < 1.29 is 27.1 Å². The van der Waals surface area contributed by atoms with Gasteiger partial charge in [0.1, 0.15) is 12.4 Å². The van der Waals surface area contributed by atoms with E-state index in [4.69, 9.17) is 4.74 Å². The van der Waals surface area contributed by atoms with E-state index < -0.39 is 34.2 Å². The molecule has 4 rings (SSSR count). The number of sulfonamides is 1. The van der Waals surface area contributed by atoms with E-state index in [2.05, 4.69) is 10.6 Å². The van der Waals surface area contributed by atoms with Gasteiger partial charge in [0.2, 0.25) is 5.91 Å². The summed E-state index contributed by atoms with van der Waals surface area (Å²) in [6.07, 6.45) is 1.76. The Labute approximate surface area is 209 Å². The van der Waals surface area contributed by atoms with Gasteiger partial charge in [0, 0.05) is 13.2 Å². The fraction of sp³-hybridized carbons (Fsp3) is 0.231. The summed E-state index contributed by atoms with van der Waals surface area (Å²) in [5.74, 6) is -1.93. The Kier molecular flexibility index (Phi) is 7.97. The van der Waals surface area contributed by atoms with Crippen molar-refractivity contribution in [2.75, 3.05) is 29.3 Å². The molecule has 1 aliphatic heterocycles. The summed E-state index contributed by atoms with van der Waals surface area (Å²) >= 11 is 0. The van der Waals surface area contributed by atoms with Crippen LogP contribution in [0.15, 0.2) is 83.8 Å². The molecule has 10 heteroatoms. The largest absolute Gasteiger partial charge is 0.376 e. The average Bonchev–Trinajstić information content (AvgIpc) is 3.41. The van der Waals surface area contributed by atoms with Crippen LogP contribution in [-0.4, -0.2) is 46.0 Å². The lowest BCUT2D eigenvalue weighted by Crippen LogP contribution is -2.39. The lowest BCUT2D eigenvalue weighted by atomic mass is 10.1. The predicted molar refractivity (Wildman–Crippen MR) is 134 cm³/mol. The molecule has 1 saturated heterocycles. The monoisotopic (exact) mass is 511 g/mol. The molecule has 0 aromatic heterocycles. The number of benzene rings is 3. The van der Waals surface area contributed by atoms with Gasteiger partial charge in [0.15, 0.2) is 0 Å². The quantitative estimate of drug-likeness (QED) is 0.457. The van der Waals surface area contributed by atoms with Crippen molar-refractivity contribution in [2.45, 2.75) is 23.8 Å². The van der Waals surface area contributed by atoms with Crippen LogP contribution in [0.1, 0.15) is 23.2 Å². The average molecular weight is 512 g/mol. The van der Waals surface area contributed by atoms with Crippen molar-refractivity contribution in [3.05, 3.63) is 90.2 Å². The minimum absolute atomic E-state index is 0.0479. The summed E-state index contributed by atoms with van der Waals surface area (Å²) in [5, 5.41) is 5.41. The molecule has 1 fully saturated rings. The van der Waals surface area contributed by atoms with Crippen LogP contribution in [0.4, 0.5) is 15.8 Å². The number of rotatable bonds is 9. The standard InChI is InChI=1S/C26H26FN3O5S/c27-22-13-5-7-15-24(22)30(36(33,34)20-10-2-1-3-11-20)18-25(31)29-23-14-6-4-12-21(23)26(32)28-17-19-9-8-16-35-19/h1-7,10-15,19H,8-9,16-18H2,(H,28,32)(H,29,31)/t19-/m0/s1. The molecule has 1 aliphatic rings. The number of nitrogens with zero attached hydrogens (tertiary/aromatic N) is 1. The number of anilines is 2. The van der Waals surface area contributed by atoms with E-state index in [0.717, 1.165) is 18.9 Å². The summed E-state index contributed by atoms with van der Waals surface area (Å²) < 4.78 is 47.6. The number of para-hydroxylation sites is 2. The Morgan fingerprint density at radius 2 is 1.67 bits per heavy atom. The molecule has 0 spiro atoms. The van der Waals surface area contributed by atoms with Gasteiger partial charge in [-0.2, -0.15) is 0 Å². The highest BCUT2D eigenvalue weighted by Gasteiger charge is 2.29. The molecule has 0 bridgehead atoms. The molecule has 1 atom stereocenters. The van der Waals surface area contributed by atoms with Crippen LogP contribution in [0.25, 0.3) is 0 Å². The zero-order valence-electron chi connectivity index (χ0n) is 19.4. The molecule has 0 aliphatic carbocycles. The highest BCUT2D eigenvalue weighted by molar-refractivity contribution is 7.92. The second-order valence-corrected chi connectivity index (χ2v) is 10.1. The Morgan fingerprint density at radius 1 is 0.972 bits per heavy atom. The van der Waals surface area contributed by atoms with E-state index in [1.807, 2.05) is 0 Å². The first-order valence-electron chi connectivity index (χ1n) is 11.5. The van der Waals surface area contributed by atoms with Gasteiger partial charge < -0.3 is 15.4 Å². The van der Waals surface area contributed by atoms with E-state index >= 15 is 0 Å². The van der Waals surface area contributed by atoms with Gasteiger partial charge in [-0.15, -0.1) is 0 Å². The lowest BCUT2D eigenvalue weighted by Gasteiger charge is -2.24. The van der Waals surface area contributed by atoms with Crippen molar-refractivity contribution in [1.82, 2.24) is 5.32 Å². The van der Waals surface area contributed by atoms with Crippen LogP contribution in [-0.2, 0) is 19.6 Å². The molecule has 1 heterocycles. The Balaban J connectivity index is 1.55. The van der Waals surface area contributed by atoms with Gasteiger partial charge in [-0.25, -0.2) is 12.8 Å². The summed E-state index contributed by atoms with van der Waals surface area (Å²) in [6, 6.07) is 19.2. The predicted octanol–water partition coefficient (Wildman–Crippen LogP) is 3.57. The van der Waals surface area contributed by atoms with Gasteiger partial charge in [-0.3, -0.25) is 13.9 Å². The molecule has 36 heavy (non-hydrogen) atoms. The van der Waals surface area contributed by atoms with Gasteiger partial charge in [-0.05, 0) is 49.2 Å². The number of nitrogens with one attached hydrogen (secondary N) is 2. The molecule has 2 amide bonds. The van der Waals surface area contributed by atoms with Crippen molar-refractivity contribution >= 4 is 33.2 Å². The van der Waals surface area contributed by atoms with E-state index in [0.29, 0.717) is 17.5 Å². The SMILES string of the molecule is O=C(CN(c1ccccc1F)S(=O)(=O)c1ccccc1)Nc1ccccc1C(=O)NC[C@@H]1CCCO1. The number of ether oxygens (including phenoxy) is 1. The molecule has 0 radical (unpaired) electrons. The highest BCUT2D eigenvalue weighted by atomic mass is 32.2. The summed E-state index contributed by atoms with van der Waals surface area (Å²) in [7, 11) is -4.27. The molecule has 3 aromatic carbocycles. The van der Waals surface area contributed by atoms with Crippen LogP contribution in [0.5, 0.6) is 0 Å². The maximum atomic E-state index is 14.6. The molecule has 2 N–H and O–H groups in total. The van der Waals surface area contributed by atoms with Crippen LogP contribution in [0.3, 0.4) is 0 Å². The van der Waals surface area contributed by atoms with E-state index in [-0.39, 0.29) is 27.9 Å². The number of carbonyl (C=O) groups excluding carboxylic acids is 2. The lowest BCUT2D eigenvalue weighted by molar-refractivity contribution is -0.114. The normalized spacial score (nSPS) is 15.3. The smallest absolute Gasteiger partial charge is 0.264 e. The minimum atomic E-state index is -4.27. The van der Waals surface area contributed by atoms with Crippen LogP contribution >= 0.6 is 0 Å². The number of hydrogen-bond acceptors (Lipinski definition) is 5. The van der Waals surface area contributed by atoms with Gasteiger partial charge in [-0.1, -0.05) is 42.5 Å². The number of amides is 2. The van der Waals surface area contributed by atoms with Gasteiger partial charge in [0.05, 0.1) is 27.9 Å². The second kappa shape index (κ2) is 11.3. The maximum Gasteiger partial charge on any atom is 0.264 e. The zero-order chi connectivity index (χ0) is 25.5. The molecule has 0 saturated carbocycles. The topological polar surface area (TPSA) is 105 Å². The van der Waals surface area contributed by atoms with Gasteiger partial charge in [0.25, 0.3) is 15.9 Å². The molecule has 3 aromatic rings. The number of carbonyl (C=O) groups is 2. The summed E-state index contributed by atoms with van der Waals surface area (Å²) in [5.41, 5.74) is 0.157. The molecular formula is C26H26FN3O5S. The van der Waals surface area contributed by atoms with Crippen LogP contribution in [0, 0.1) is 5.82 Å². The fourth-order valence-electron chi connectivity index (χ4n) is 3.89. The molecular weight excluding hydrogens is 485 g/mol. The third-order valence-electron chi connectivity index (χ3n) is 5.70. The Morgan fingerprint density at radius 3 is 2.39 bits per heavy atom. The van der Waals surface area contributed by atoms with Crippen LogP contribution < -0.4 is 14.9 Å². The highest BCUT2D eigenvalue weighted by Crippen LogP contribution is 2.26. The third-order valence-corrected chi connectivity index (χ3v) is 7.47.